The summed E-state index contributed by atoms with van der Waals surface area (Å²) in [5, 5.41) is 3.17. The van der Waals surface area contributed by atoms with Gasteiger partial charge in [-0.15, -0.1) is 0 Å². The second-order valence-corrected chi connectivity index (χ2v) is 5.68. The lowest BCUT2D eigenvalue weighted by molar-refractivity contribution is 0.0629. The molecule has 1 aliphatic carbocycles. The zero-order valence-corrected chi connectivity index (χ0v) is 12.7. The fraction of sp³-hybridized carbons (Fsp3) is 0.625. The molecule has 1 heterocycles. The Morgan fingerprint density at radius 3 is 2.90 bits per heavy atom. The number of anilines is 1. The van der Waals surface area contributed by atoms with Crippen LogP contribution in [0.3, 0.4) is 0 Å². The maximum Gasteiger partial charge on any atom is 0.257 e. The molecule has 110 valence electrons. The van der Waals surface area contributed by atoms with Crippen molar-refractivity contribution in [2.75, 3.05) is 18.9 Å². The first kappa shape index (κ1) is 14.8. The van der Waals surface area contributed by atoms with Crippen LogP contribution >= 0.6 is 0 Å². The summed E-state index contributed by atoms with van der Waals surface area (Å²) in [7, 11) is 1.93. The molecule has 0 aliphatic heterocycles. The van der Waals surface area contributed by atoms with E-state index < -0.39 is 0 Å². The second-order valence-electron chi connectivity index (χ2n) is 5.68. The molecule has 2 unspecified atom stereocenters. The molecule has 0 aromatic carbocycles. The molecule has 1 saturated carbocycles. The predicted octanol–water partition coefficient (Wildman–Crippen LogP) is 3.16. The van der Waals surface area contributed by atoms with Crippen LogP contribution in [0.2, 0.25) is 0 Å². The zero-order chi connectivity index (χ0) is 14.5. The topological polar surface area (TPSA) is 45.2 Å². The summed E-state index contributed by atoms with van der Waals surface area (Å²) in [4.78, 5) is 18.9. The maximum atomic E-state index is 12.7. The molecule has 0 spiro atoms. The second kappa shape index (κ2) is 6.73. The quantitative estimate of drug-likeness (QED) is 0.918. The number of nitrogens with zero attached hydrogens (tertiary/aromatic N) is 2. The van der Waals surface area contributed by atoms with Crippen LogP contribution in [-0.4, -0.2) is 35.4 Å². The number of nitrogens with one attached hydrogen (secondary N) is 1. The Balaban J connectivity index is 2.17. The molecule has 1 aromatic heterocycles. The highest BCUT2D eigenvalue weighted by molar-refractivity contribution is 5.98. The third-order valence-electron chi connectivity index (χ3n) is 4.27. The van der Waals surface area contributed by atoms with Crippen LogP contribution < -0.4 is 5.32 Å². The van der Waals surface area contributed by atoms with E-state index in [4.69, 9.17) is 0 Å². The molecule has 1 amide bonds. The lowest BCUT2D eigenvalue weighted by atomic mass is 9.85. The Morgan fingerprint density at radius 2 is 2.20 bits per heavy atom. The summed E-state index contributed by atoms with van der Waals surface area (Å²) in [5.41, 5.74) is 0.676. The lowest BCUT2D eigenvalue weighted by Gasteiger charge is -2.36. The van der Waals surface area contributed by atoms with Gasteiger partial charge in [-0.05, 0) is 37.8 Å². The molecule has 1 fully saturated rings. The first-order valence-electron chi connectivity index (χ1n) is 7.61. The van der Waals surface area contributed by atoms with Gasteiger partial charge in [0, 0.05) is 25.8 Å². The molecule has 1 aromatic rings. The summed E-state index contributed by atoms with van der Waals surface area (Å²) in [6.45, 7) is 5.03. The minimum absolute atomic E-state index is 0.0767. The van der Waals surface area contributed by atoms with E-state index in [9.17, 15) is 4.79 Å². The van der Waals surface area contributed by atoms with Crippen molar-refractivity contribution in [2.45, 2.75) is 45.6 Å². The molecule has 2 atom stereocenters. The van der Waals surface area contributed by atoms with E-state index in [1.807, 2.05) is 31.0 Å². The van der Waals surface area contributed by atoms with Gasteiger partial charge in [0.25, 0.3) is 5.91 Å². The number of hydrogen-bond donors (Lipinski definition) is 1. The summed E-state index contributed by atoms with van der Waals surface area (Å²) >= 11 is 0. The van der Waals surface area contributed by atoms with Crippen molar-refractivity contribution in [1.82, 2.24) is 9.88 Å². The number of carbonyl (C=O) groups is 1. The van der Waals surface area contributed by atoms with Crippen molar-refractivity contribution in [3.05, 3.63) is 23.9 Å². The molecular formula is C16H25N3O. The van der Waals surface area contributed by atoms with E-state index >= 15 is 0 Å². The Hall–Kier alpha value is -1.58. The van der Waals surface area contributed by atoms with E-state index in [1.165, 1.54) is 19.3 Å². The minimum atomic E-state index is 0.0767. The zero-order valence-electron chi connectivity index (χ0n) is 12.7. The van der Waals surface area contributed by atoms with Gasteiger partial charge in [0.15, 0.2) is 0 Å². The number of carbonyl (C=O) groups excluding carboxylic acids is 1. The molecule has 4 nitrogen and oxygen atoms in total. The highest BCUT2D eigenvalue weighted by Gasteiger charge is 2.29. The van der Waals surface area contributed by atoms with E-state index in [0.29, 0.717) is 23.3 Å². The van der Waals surface area contributed by atoms with Gasteiger partial charge in [0.2, 0.25) is 0 Å². The van der Waals surface area contributed by atoms with Gasteiger partial charge in [-0.1, -0.05) is 19.8 Å². The number of rotatable bonds is 4. The average molecular weight is 275 g/mol. The molecule has 0 saturated heterocycles. The molecule has 4 heteroatoms. The fourth-order valence-electron chi connectivity index (χ4n) is 3.10. The molecule has 1 aliphatic rings. The van der Waals surface area contributed by atoms with Crippen LogP contribution in [0.25, 0.3) is 0 Å². The van der Waals surface area contributed by atoms with Crippen LogP contribution in [0, 0.1) is 5.92 Å². The normalized spacial score (nSPS) is 22.4. The lowest BCUT2D eigenvalue weighted by Crippen LogP contribution is -2.42. The van der Waals surface area contributed by atoms with Crippen molar-refractivity contribution in [3.63, 3.8) is 0 Å². The number of amides is 1. The smallest absolute Gasteiger partial charge is 0.257 e. The Bertz CT molecular complexity index is 461. The number of aromatic nitrogens is 1. The van der Waals surface area contributed by atoms with Crippen LogP contribution in [0.1, 0.15) is 49.9 Å². The SMILES string of the molecule is CCNc1ncccc1C(=O)N(C)C1CCCCC1C. The average Bonchev–Trinajstić information content (AvgIpc) is 2.47. The highest BCUT2D eigenvalue weighted by Crippen LogP contribution is 2.28. The van der Waals surface area contributed by atoms with Crippen LogP contribution in [0.5, 0.6) is 0 Å². The van der Waals surface area contributed by atoms with Gasteiger partial charge in [-0.25, -0.2) is 4.98 Å². The number of pyridine rings is 1. The van der Waals surface area contributed by atoms with Crippen LogP contribution in [0.15, 0.2) is 18.3 Å². The van der Waals surface area contributed by atoms with Gasteiger partial charge in [-0.2, -0.15) is 0 Å². The van der Waals surface area contributed by atoms with Gasteiger partial charge in [-0.3, -0.25) is 4.79 Å². The number of hydrogen-bond acceptors (Lipinski definition) is 3. The van der Waals surface area contributed by atoms with E-state index in [2.05, 4.69) is 17.2 Å². The Labute approximate surface area is 121 Å². The maximum absolute atomic E-state index is 12.7. The summed E-state index contributed by atoms with van der Waals surface area (Å²) in [5.74, 6) is 1.35. The van der Waals surface area contributed by atoms with Gasteiger partial charge < -0.3 is 10.2 Å². The summed E-state index contributed by atoms with van der Waals surface area (Å²) in [6, 6.07) is 4.04. The van der Waals surface area contributed by atoms with Crippen molar-refractivity contribution in [3.8, 4) is 0 Å². The van der Waals surface area contributed by atoms with Gasteiger partial charge in [0.1, 0.15) is 5.82 Å². The Kier molecular flexibility index (Phi) is 4.99. The van der Waals surface area contributed by atoms with Gasteiger partial charge in [0.05, 0.1) is 5.56 Å². The standard InChI is InChI=1S/C16H25N3O/c1-4-17-15-13(9-7-11-18-15)16(20)19(3)14-10-6-5-8-12(14)2/h7,9,11-12,14H,4-6,8,10H2,1-3H3,(H,17,18). The van der Waals surface area contributed by atoms with E-state index in [0.717, 1.165) is 13.0 Å². The first-order chi connectivity index (χ1) is 9.65. The monoisotopic (exact) mass is 275 g/mol. The summed E-state index contributed by atoms with van der Waals surface area (Å²) < 4.78 is 0. The Morgan fingerprint density at radius 1 is 1.45 bits per heavy atom. The molecule has 1 N–H and O–H groups in total. The van der Waals surface area contributed by atoms with Gasteiger partial charge >= 0.3 is 0 Å². The molecule has 0 radical (unpaired) electrons. The van der Waals surface area contributed by atoms with Crippen molar-refractivity contribution in [2.24, 2.45) is 5.92 Å². The highest BCUT2D eigenvalue weighted by atomic mass is 16.2. The third-order valence-corrected chi connectivity index (χ3v) is 4.27. The molecule has 2 rings (SSSR count). The predicted molar refractivity (Wildman–Crippen MR) is 81.9 cm³/mol. The van der Waals surface area contributed by atoms with Crippen LogP contribution in [-0.2, 0) is 0 Å². The van der Waals surface area contributed by atoms with Crippen molar-refractivity contribution in [1.29, 1.82) is 0 Å². The first-order valence-corrected chi connectivity index (χ1v) is 7.61. The molecule has 0 bridgehead atoms. The minimum Gasteiger partial charge on any atom is -0.370 e. The molecular weight excluding hydrogens is 250 g/mol. The molecule has 20 heavy (non-hydrogen) atoms. The largest absolute Gasteiger partial charge is 0.370 e. The summed E-state index contributed by atoms with van der Waals surface area (Å²) in [6.07, 6.45) is 6.56. The van der Waals surface area contributed by atoms with Crippen LogP contribution in [0.4, 0.5) is 5.82 Å². The van der Waals surface area contributed by atoms with E-state index in [-0.39, 0.29) is 5.91 Å². The third kappa shape index (κ3) is 3.11. The fourth-order valence-corrected chi connectivity index (χ4v) is 3.10. The van der Waals surface area contributed by atoms with Crippen molar-refractivity contribution < 1.29 is 4.79 Å². The van der Waals surface area contributed by atoms with E-state index in [1.54, 1.807) is 6.20 Å². The van der Waals surface area contributed by atoms with Crippen molar-refractivity contribution >= 4 is 11.7 Å².